The molecule has 0 saturated heterocycles. The Hall–Kier alpha value is -2.28. The standard InChI is InChI=1S/C17H20F2N4O/c1-3-22-10-20-15-9-23(7-6-16(15)22)11(2)17(24)21-14-8-12(18)4-5-13(14)19/h4-5,8,10-11H,3,6-7,9H2,1-2H3,(H,21,24). The van der Waals surface area contributed by atoms with E-state index in [2.05, 4.69) is 21.8 Å². The summed E-state index contributed by atoms with van der Waals surface area (Å²) in [7, 11) is 0. The van der Waals surface area contributed by atoms with E-state index in [1.165, 1.54) is 5.69 Å². The third kappa shape index (κ3) is 3.17. The van der Waals surface area contributed by atoms with Crippen LogP contribution in [-0.4, -0.2) is 32.9 Å². The van der Waals surface area contributed by atoms with E-state index >= 15 is 0 Å². The monoisotopic (exact) mass is 334 g/mol. The molecule has 1 N–H and O–H groups in total. The van der Waals surface area contributed by atoms with Gasteiger partial charge >= 0.3 is 0 Å². The van der Waals surface area contributed by atoms with Crippen molar-refractivity contribution in [3.63, 3.8) is 0 Å². The van der Waals surface area contributed by atoms with E-state index in [4.69, 9.17) is 0 Å². The number of carbonyl (C=O) groups is 1. The lowest BCUT2D eigenvalue weighted by Gasteiger charge is -2.31. The minimum Gasteiger partial charge on any atom is -0.334 e. The lowest BCUT2D eigenvalue weighted by atomic mass is 10.1. The summed E-state index contributed by atoms with van der Waals surface area (Å²) >= 11 is 0. The van der Waals surface area contributed by atoms with Gasteiger partial charge in [-0.05, 0) is 26.0 Å². The van der Waals surface area contributed by atoms with Crippen LogP contribution in [0.5, 0.6) is 0 Å². The Morgan fingerprint density at radius 3 is 2.96 bits per heavy atom. The minimum absolute atomic E-state index is 0.139. The van der Waals surface area contributed by atoms with E-state index in [0.717, 1.165) is 43.4 Å². The highest BCUT2D eigenvalue weighted by atomic mass is 19.1. The van der Waals surface area contributed by atoms with Crippen LogP contribution in [0.15, 0.2) is 24.5 Å². The molecule has 0 spiro atoms. The normalized spacial score (nSPS) is 15.8. The van der Waals surface area contributed by atoms with Crippen LogP contribution in [0.25, 0.3) is 0 Å². The molecule has 1 aromatic heterocycles. The summed E-state index contributed by atoms with van der Waals surface area (Å²) in [5.41, 5.74) is 2.04. The molecule has 1 amide bonds. The first-order valence-corrected chi connectivity index (χ1v) is 8.02. The maximum atomic E-state index is 13.7. The predicted molar refractivity (Wildman–Crippen MR) is 86.5 cm³/mol. The second kappa shape index (κ2) is 6.68. The Kier molecular flexibility index (Phi) is 4.62. The van der Waals surface area contributed by atoms with Gasteiger partial charge in [0, 0.05) is 37.8 Å². The van der Waals surface area contributed by atoms with Crippen molar-refractivity contribution in [1.82, 2.24) is 14.5 Å². The quantitative estimate of drug-likeness (QED) is 0.935. The van der Waals surface area contributed by atoms with Gasteiger partial charge in [0.05, 0.1) is 23.8 Å². The maximum absolute atomic E-state index is 13.7. The van der Waals surface area contributed by atoms with Crippen molar-refractivity contribution < 1.29 is 13.6 Å². The van der Waals surface area contributed by atoms with Gasteiger partial charge in [-0.25, -0.2) is 13.8 Å². The van der Waals surface area contributed by atoms with Crippen molar-refractivity contribution in [1.29, 1.82) is 0 Å². The molecule has 1 atom stereocenters. The molecule has 128 valence electrons. The van der Waals surface area contributed by atoms with Crippen LogP contribution in [-0.2, 0) is 24.3 Å². The molecule has 0 radical (unpaired) electrons. The van der Waals surface area contributed by atoms with Crippen LogP contribution in [0.3, 0.4) is 0 Å². The molecule has 3 rings (SSSR count). The summed E-state index contributed by atoms with van der Waals surface area (Å²) < 4.78 is 29.0. The molecule has 24 heavy (non-hydrogen) atoms. The van der Waals surface area contributed by atoms with E-state index in [0.29, 0.717) is 6.54 Å². The highest BCUT2D eigenvalue weighted by Gasteiger charge is 2.28. The molecule has 2 aromatic rings. The van der Waals surface area contributed by atoms with Gasteiger partial charge in [0.2, 0.25) is 5.91 Å². The van der Waals surface area contributed by atoms with Crippen molar-refractivity contribution in [3.05, 3.63) is 47.5 Å². The summed E-state index contributed by atoms with van der Waals surface area (Å²) in [6.45, 7) is 5.99. The lowest BCUT2D eigenvalue weighted by Crippen LogP contribution is -2.44. The highest BCUT2D eigenvalue weighted by molar-refractivity contribution is 5.94. The fraction of sp³-hybridized carbons (Fsp3) is 0.412. The SMILES string of the molecule is CCn1cnc2c1CCN(C(C)C(=O)Nc1cc(F)ccc1F)C2. The molecule has 0 saturated carbocycles. The third-order valence-electron chi connectivity index (χ3n) is 4.48. The van der Waals surface area contributed by atoms with Gasteiger partial charge in [0.25, 0.3) is 0 Å². The Bertz CT molecular complexity index is 759. The van der Waals surface area contributed by atoms with Gasteiger partial charge in [-0.15, -0.1) is 0 Å². The topological polar surface area (TPSA) is 50.2 Å². The van der Waals surface area contributed by atoms with Gasteiger partial charge < -0.3 is 9.88 Å². The molecule has 2 heterocycles. The fourth-order valence-electron chi connectivity index (χ4n) is 2.99. The number of aryl methyl sites for hydroxylation is 1. The number of aromatic nitrogens is 2. The number of imidazole rings is 1. The number of halogens is 2. The predicted octanol–water partition coefficient (Wildman–Crippen LogP) is 2.57. The van der Waals surface area contributed by atoms with Gasteiger partial charge in [-0.2, -0.15) is 0 Å². The lowest BCUT2D eigenvalue weighted by molar-refractivity contribution is -0.121. The zero-order chi connectivity index (χ0) is 17.3. The van der Waals surface area contributed by atoms with E-state index in [9.17, 15) is 13.6 Å². The molecule has 1 aliphatic heterocycles. The number of carbonyl (C=O) groups excluding carboxylic acids is 1. The Morgan fingerprint density at radius 2 is 2.21 bits per heavy atom. The first-order valence-electron chi connectivity index (χ1n) is 8.02. The highest BCUT2D eigenvalue weighted by Crippen LogP contribution is 2.21. The van der Waals surface area contributed by atoms with Crippen LogP contribution >= 0.6 is 0 Å². The van der Waals surface area contributed by atoms with Crippen molar-refractivity contribution >= 4 is 11.6 Å². The van der Waals surface area contributed by atoms with Crippen molar-refractivity contribution in [2.45, 2.75) is 39.4 Å². The molecule has 0 bridgehead atoms. The van der Waals surface area contributed by atoms with Crippen LogP contribution < -0.4 is 5.32 Å². The van der Waals surface area contributed by atoms with E-state index in [-0.39, 0.29) is 11.6 Å². The zero-order valence-corrected chi connectivity index (χ0v) is 13.7. The average molecular weight is 334 g/mol. The number of hydrogen-bond acceptors (Lipinski definition) is 3. The second-order valence-corrected chi connectivity index (χ2v) is 5.93. The molecular formula is C17H20F2N4O. The van der Waals surface area contributed by atoms with Crippen LogP contribution in [0.1, 0.15) is 25.2 Å². The van der Waals surface area contributed by atoms with E-state index in [1.54, 1.807) is 6.92 Å². The molecule has 1 aromatic carbocycles. The molecule has 1 aliphatic rings. The number of nitrogens with one attached hydrogen (secondary N) is 1. The third-order valence-corrected chi connectivity index (χ3v) is 4.48. The Balaban J connectivity index is 1.69. The molecule has 0 aliphatic carbocycles. The number of amides is 1. The molecular weight excluding hydrogens is 314 g/mol. The summed E-state index contributed by atoms with van der Waals surface area (Å²) in [5, 5.41) is 2.47. The number of rotatable bonds is 4. The fourth-order valence-corrected chi connectivity index (χ4v) is 2.99. The second-order valence-electron chi connectivity index (χ2n) is 5.93. The molecule has 7 heteroatoms. The summed E-state index contributed by atoms with van der Waals surface area (Å²) in [4.78, 5) is 18.8. The molecule has 0 fully saturated rings. The molecule has 1 unspecified atom stereocenters. The maximum Gasteiger partial charge on any atom is 0.241 e. The number of nitrogens with zero attached hydrogens (tertiary/aromatic N) is 3. The smallest absolute Gasteiger partial charge is 0.241 e. The van der Waals surface area contributed by atoms with Gasteiger partial charge in [0.1, 0.15) is 11.6 Å². The van der Waals surface area contributed by atoms with E-state index in [1.807, 2.05) is 11.2 Å². The summed E-state index contributed by atoms with van der Waals surface area (Å²) in [6, 6.07) is 2.54. The summed E-state index contributed by atoms with van der Waals surface area (Å²) in [5.74, 6) is -1.61. The van der Waals surface area contributed by atoms with Crippen LogP contribution in [0, 0.1) is 11.6 Å². The van der Waals surface area contributed by atoms with Crippen molar-refractivity contribution in [2.24, 2.45) is 0 Å². The van der Waals surface area contributed by atoms with Crippen LogP contribution in [0.4, 0.5) is 14.5 Å². The van der Waals surface area contributed by atoms with Gasteiger partial charge in [-0.3, -0.25) is 9.69 Å². The van der Waals surface area contributed by atoms with Crippen LogP contribution in [0.2, 0.25) is 0 Å². The van der Waals surface area contributed by atoms with Gasteiger partial charge in [-0.1, -0.05) is 0 Å². The first-order chi connectivity index (χ1) is 11.5. The Morgan fingerprint density at radius 1 is 1.42 bits per heavy atom. The van der Waals surface area contributed by atoms with Crippen molar-refractivity contribution in [2.75, 3.05) is 11.9 Å². The van der Waals surface area contributed by atoms with Crippen molar-refractivity contribution in [3.8, 4) is 0 Å². The van der Waals surface area contributed by atoms with E-state index < -0.39 is 17.7 Å². The van der Waals surface area contributed by atoms with Gasteiger partial charge in [0.15, 0.2) is 0 Å². The number of fused-ring (bicyclic) bond motifs is 1. The Labute approximate surface area is 139 Å². The molecule has 5 nitrogen and oxygen atoms in total. The number of hydrogen-bond donors (Lipinski definition) is 1. The summed E-state index contributed by atoms with van der Waals surface area (Å²) in [6.07, 6.45) is 2.64. The zero-order valence-electron chi connectivity index (χ0n) is 13.7. The number of benzene rings is 1. The number of anilines is 1. The largest absolute Gasteiger partial charge is 0.334 e. The first kappa shape index (κ1) is 16.6. The average Bonchev–Trinajstić information content (AvgIpc) is 2.99. The minimum atomic E-state index is -0.653.